The highest BCUT2D eigenvalue weighted by Crippen LogP contribution is 2.46. The normalized spacial score (nSPS) is 12.3. The van der Waals surface area contributed by atoms with Crippen LogP contribution in [-0.4, -0.2) is 9.97 Å². The SMILES string of the molecule is CC(C)(C)c1c2ccccc2c(-c2ccc(-c3nc4ccccc4nc3-c3ccc(-c4c5ccccc5c(C(C)(C)C)c5ccccc45)cc3)cc2)c2ccccc12. The van der Waals surface area contributed by atoms with Crippen LogP contribution in [0, 0.1) is 0 Å². The lowest BCUT2D eigenvalue weighted by Crippen LogP contribution is -2.13. The van der Waals surface area contributed by atoms with Crippen LogP contribution in [0.1, 0.15) is 52.7 Å². The highest BCUT2D eigenvalue weighted by atomic mass is 14.8. The maximum absolute atomic E-state index is 5.30. The van der Waals surface area contributed by atoms with Crippen LogP contribution < -0.4 is 0 Å². The fraction of sp³-hybridized carbons (Fsp3) is 0.143. The van der Waals surface area contributed by atoms with Crippen molar-refractivity contribution in [2.24, 2.45) is 0 Å². The molecule has 1 aromatic heterocycles. The number of para-hydroxylation sites is 2. The summed E-state index contributed by atoms with van der Waals surface area (Å²) in [6.45, 7) is 13.9. The summed E-state index contributed by atoms with van der Waals surface area (Å²) in [6, 6.07) is 61.7. The number of rotatable bonds is 4. The number of aromatic nitrogens is 2. The minimum atomic E-state index is -0.0105. The van der Waals surface area contributed by atoms with Crippen LogP contribution in [0.2, 0.25) is 0 Å². The van der Waals surface area contributed by atoms with Gasteiger partial charge < -0.3 is 0 Å². The summed E-state index contributed by atoms with van der Waals surface area (Å²) >= 11 is 0. The molecular weight excluding hydrogens is 701 g/mol. The lowest BCUT2D eigenvalue weighted by molar-refractivity contribution is 0.601. The Balaban J connectivity index is 1.12. The van der Waals surface area contributed by atoms with Crippen LogP contribution in [-0.2, 0) is 10.8 Å². The Morgan fingerprint density at radius 2 is 0.517 bits per heavy atom. The molecule has 0 amide bonds. The monoisotopic (exact) mass is 746 g/mol. The van der Waals surface area contributed by atoms with Crippen LogP contribution in [0.4, 0.5) is 0 Å². The first kappa shape index (κ1) is 35.8. The van der Waals surface area contributed by atoms with Crippen molar-refractivity contribution < 1.29 is 0 Å². The lowest BCUT2D eigenvalue weighted by atomic mass is 9.78. The number of hydrogen-bond acceptors (Lipinski definition) is 2. The molecule has 0 N–H and O–H groups in total. The Hall–Kier alpha value is -6.64. The van der Waals surface area contributed by atoms with E-state index >= 15 is 0 Å². The van der Waals surface area contributed by atoms with E-state index in [0.717, 1.165) is 33.5 Å². The van der Waals surface area contributed by atoms with Crippen molar-refractivity contribution in [2.75, 3.05) is 0 Å². The van der Waals surface area contributed by atoms with Gasteiger partial charge in [0.1, 0.15) is 0 Å². The van der Waals surface area contributed by atoms with Crippen molar-refractivity contribution in [3.05, 3.63) is 181 Å². The molecule has 0 spiro atoms. The second-order valence-electron chi connectivity index (χ2n) is 17.7. The molecule has 280 valence electrons. The Bertz CT molecular complexity index is 2880. The van der Waals surface area contributed by atoms with E-state index in [4.69, 9.17) is 9.97 Å². The van der Waals surface area contributed by atoms with Crippen LogP contribution in [0.5, 0.6) is 0 Å². The van der Waals surface area contributed by atoms with E-state index in [1.54, 1.807) is 0 Å². The first-order chi connectivity index (χ1) is 28.1. The predicted octanol–water partition coefficient (Wildman–Crippen LogP) is 15.5. The van der Waals surface area contributed by atoms with Gasteiger partial charge in [-0.3, -0.25) is 0 Å². The van der Waals surface area contributed by atoms with Gasteiger partial charge in [-0.15, -0.1) is 0 Å². The van der Waals surface area contributed by atoms with Crippen molar-refractivity contribution in [1.29, 1.82) is 0 Å². The standard InChI is InChI=1S/C56H46N2/c1-55(2,3)51-43-21-11-7-17-39(43)49(40-18-8-12-22-44(40)51)35-27-31-37(32-28-35)53-54(58-48-26-16-15-25-47(48)57-53)38-33-29-36(30-34-38)50-41-19-9-13-23-45(41)52(56(4,5)6)46-24-14-10-20-42(46)50/h7-34H,1-6H3. The summed E-state index contributed by atoms with van der Waals surface area (Å²) in [5.74, 6) is 0. The van der Waals surface area contributed by atoms with Gasteiger partial charge >= 0.3 is 0 Å². The molecule has 0 aliphatic rings. The van der Waals surface area contributed by atoms with Crippen LogP contribution in [0.25, 0.3) is 98.9 Å². The Morgan fingerprint density at radius 1 is 0.276 bits per heavy atom. The fourth-order valence-corrected chi connectivity index (χ4v) is 9.49. The van der Waals surface area contributed by atoms with Crippen molar-refractivity contribution in [3.63, 3.8) is 0 Å². The molecule has 0 saturated heterocycles. The number of fused-ring (bicyclic) bond motifs is 5. The van der Waals surface area contributed by atoms with Crippen molar-refractivity contribution in [2.45, 2.75) is 52.4 Å². The topological polar surface area (TPSA) is 25.8 Å². The second-order valence-corrected chi connectivity index (χ2v) is 17.7. The molecular formula is C56H46N2. The van der Waals surface area contributed by atoms with E-state index in [0.29, 0.717) is 0 Å². The summed E-state index contributed by atoms with van der Waals surface area (Å²) in [6.07, 6.45) is 0. The van der Waals surface area contributed by atoms with Gasteiger partial charge in [0.05, 0.1) is 22.4 Å². The van der Waals surface area contributed by atoms with Gasteiger partial charge in [-0.2, -0.15) is 0 Å². The highest BCUT2D eigenvalue weighted by molar-refractivity contribution is 6.17. The van der Waals surface area contributed by atoms with Crippen LogP contribution in [0.3, 0.4) is 0 Å². The summed E-state index contributed by atoms with van der Waals surface area (Å²) in [5, 5.41) is 10.3. The molecule has 2 heteroatoms. The lowest BCUT2D eigenvalue weighted by Gasteiger charge is -2.26. The number of hydrogen-bond donors (Lipinski definition) is 0. The minimum absolute atomic E-state index is 0.0105. The molecule has 58 heavy (non-hydrogen) atoms. The third kappa shape index (κ3) is 5.86. The highest BCUT2D eigenvalue weighted by Gasteiger charge is 2.25. The summed E-state index contributed by atoms with van der Waals surface area (Å²) in [7, 11) is 0. The van der Waals surface area contributed by atoms with Crippen molar-refractivity contribution in [1.82, 2.24) is 9.97 Å². The van der Waals surface area contributed by atoms with Gasteiger partial charge in [0, 0.05) is 11.1 Å². The molecule has 0 aliphatic heterocycles. The maximum atomic E-state index is 5.30. The molecule has 0 aliphatic carbocycles. The molecule has 0 bridgehead atoms. The quantitative estimate of drug-likeness (QED) is 0.168. The summed E-state index contributed by atoms with van der Waals surface area (Å²) in [4.78, 5) is 10.6. The third-order valence-electron chi connectivity index (χ3n) is 11.8. The number of benzene rings is 9. The van der Waals surface area contributed by atoms with Gasteiger partial charge in [0.15, 0.2) is 0 Å². The Kier molecular flexibility index (Phi) is 8.32. The average molecular weight is 747 g/mol. The zero-order valence-electron chi connectivity index (χ0n) is 34.1. The molecule has 0 fully saturated rings. The molecule has 10 rings (SSSR count). The van der Waals surface area contributed by atoms with Gasteiger partial charge in [-0.25, -0.2) is 9.97 Å². The molecule has 0 atom stereocenters. The van der Waals surface area contributed by atoms with E-state index in [1.807, 2.05) is 12.1 Å². The molecule has 0 unspecified atom stereocenters. The third-order valence-corrected chi connectivity index (χ3v) is 11.8. The minimum Gasteiger partial charge on any atom is -0.244 e. The van der Waals surface area contributed by atoms with E-state index in [2.05, 4.69) is 199 Å². The second kappa shape index (κ2) is 13.5. The van der Waals surface area contributed by atoms with Crippen LogP contribution >= 0.6 is 0 Å². The van der Waals surface area contributed by atoms with Gasteiger partial charge in [-0.05, 0) is 99.4 Å². The smallest absolute Gasteiger partial charge is 0.0973 e. The van der Waals surface area contributed by atoms with Gasteiger partial charge in [0.2, 0.25) is 0 Å². The van der Waals surface area contributed by atoms with Gasteiger partial charge in [-0.1, -0.05) is 199 Å². The van der Waals surface area contributed by atoms with Crippen LogP contribution in [0.15, 0.2) is 170 Å². The Morgan fingerprint density at radius 3 is 0.793 bits per heavy atom. The molecule has 10 aromatic rings. The molecule has 0 radical (unpaired) electrons. The zero-order valence-corrected chi connectivity index (χ0v) is 34.1. The van der Waals surface area contributed by atoms with Gasteiger partial charge in [0.25, 0.3) is 0 Å². The molecule has 9 aromatic carbocycles. The largest absolute Gasteiger partial charge is 0.244 e. The molecule has 1 heterocycles. The molecule has 2 nitrogen and oxygen atoms in total. The van der Waals surface area contributed by atoms with E-state index in [-0.39, 0.29) is 10.8 Å². The predicted molar refractivity (Wildman–Crippen MR) is 249 cm³/mol. The molecule has 0 saturated carbocycles. The summed E-state index contributed by atoms with van der Waals surface area (Å²) in [5.41, 5.74) is 13.3. The average Bonchev–Trinajstić information content (AvgIpc) is 3.23. The summed E-state index contributed by atoms with van der Waals surface area (Å²) < 4.78 is 0. The van der Waals surface area contributed by atoms with Crippen molar-refractivity contribution in [3.8, 4) is 44.8 Å². The maximum Gasteiger partial charge on any atom is 0.0973 e. The van der Waals surface area contributed by atoms with E-state index in [1.165, 1.54) is 76.5 Å². The first-order valence-corrected chi connectivity index (χ1v) is 20.4. The Labute approximate surface area is 340 Å². The zero-order chi connectivity index (χ0) is 39.8. The van der Waals surface area contributed by atoms with E-state index in [9.17, 15) is 0 Å². The first-order valence-electron chi connectivity index (χ1n) is 20.4. The van der Waals surface area contributed by atoms with E-state index < -0.39 is 0 Å². The number of nitrogens with zero attached hydrogens (tertiary/aromatic N) is 2. The fourth-order valence-electron chi connectivity index (χ4n) is 9.49. The van der Waals surface area contributed by atoms with Crippen molar-refractivity contribution >= 4 is 54.1 Å².